The zero-order valence-electron chi connectivity index (χ0n) is 24.8. The van der Waals surface area contributed by atoms with E-state index in [0.717, 1.165) is 50.2 Å². The van der Waals surface area contributed by atoms with Gasteiger partial charge in [0, 0.05) is 21.7 Å². The van der Waals surface area contributed by atoms with Crippen molar-refractivity contribution in [3.63, 3.8) is 0 Å². The lowest BCUT2D eigenvalue weighted by molar-refractivity contribution is 1.07. The van der Waals surface area contributed by atoms with Crippen molar-refractivity contribution in [1.29, 1.82) is 0 Å². The predicted molar refractivity (Wildman–Crippen MR) is 191 cm³/mol. The molecule has 0 aliphatic heterocycles. The summed E-state index contributed by atoms with van der Waals surface area (Å²) in [6, 6.07) is 55.9. The molecule has 214 valence electrons. The first kappa shape index (κ1) is 25.1. The van der Waals surface area contributed by atoms with Gasteiger partial charge in [0.25, 0.3) is 0 Å². The number of hydrogen-bond acceptors (Lipinski definition) is 2. The highest BCUT2D eigenvalue weighted by molar-refractivity contribution is 6.23. The summed E-state index contributed by atoms with van der Waals surface area (Å²) in [5, 5.41) is 4.88. The Kier molecular flexibility index (Phi) is 5.25. The number of hydrogen-bond donors (Lipinski definition) is 0. The Balaban J connectivity index is 1.42. The zero-order chi connectivity index (χ0) is 30.2. The molecule has 0 saturated carbocycles. The molecule has 3 aromatic heterocycles. The van der Waals surface area contributed by atoms with Gasteiger partial charge in [-0.25, -0.2) is 9.97 Å². The summed E-state index contributed by atoms with van der Waals surface area (Å²) in [6.45, 7) is 0. The molecular formula is C42H26N4. The fourth-order valence-corrected chi connectivity index (χ4v) is 7.26. The third-order valence-electron chi connectivity index (χ3n) is 9.27. The fraction of sp³-hybridized carbons (Fsp3) is 0. The molecule has 0 bridgehead atoms. The Bertz CT molecular complexity index is 2790. The first-order chi connectivity index (χ1) is 22.8. The van der Waals surface area contributed by atoms with Crippen molar-refractivity contribution < 1.29 is 0 Å². The smallest absolute Gasteiger partial charge is 0.165 e. The minimum absolute atomic E-state index is 0.802. The topological polar surface area (TPSA) is 35.1 Å². The summed E-state index contributed by atoms with van der Waals surface area (Å²) in [5.41, 5.74) is 11.5. The number of fused-ring (bicyclic) bond motifs is 6. The van der Waals surface area contributed by atoms with E-state index in [0.29, 0.717) is 0 Å². The van der Waals surface area contributed by atoms with E-state index >= 15 is 0 Å². The number of para-hydroxylation sites is 5. The molecule has 0 atom stereocenters. The van der Waals surface area contributed by atoms with E-state index in [-0.39, 0.29) is 0 Å². The first-order valence-electron chi connectivity index (χ1n) is 15.6. The molecule has 0 saturated heterocycles. The number of aromatic nitrogens is 4. The van der Waals surface area contributed by atoms with E-state index in [1.54, 1.807) is 0 Å². The Labute approximate surface area is 264 Å². The molecule has 0 N–H and O–H groups in total. The van der Waals surface area contributed by atoms with E-state index in [1.807, 2.05) is 18.2 Å². The Morgan fingerprint density at radius 2 is 1.07 bits per heavy atom. The quantitative estimate of drug-likeness (QED) is 0.206. The molecule has 10 aromatic rings. The Morgan fingerprint density at radius 1 is 0.413 bits per heavy atom. The molecule has 0 radical (unpaired) electrons. The van der Waals surface area contributed by atoms with Crippen LogP contribution >= 0.6 is 0 Å². The van der Waals surface area contributed by atoms with Crippen molar-refractivity contribution in [2.45, 2.75) is 0 Å². The third kappa shape index (κ3) is 3.55. The normalized spacial score (nSPS) is 11.9. The molecule has 10 rings (SSSR count). The van der Waals surface area contributed by atoms with Crippen molar-refractivity contribution in [1.82, 2.24) is 18.9 Å². The molecule has 4 heteroatoms. The summed E-state index contributed by atoms with van der Waals surface area (Å²) in [4.78, 5) is 10.8. The van der Waals surface area contributed by atoms with Crippen LogP contribution in [-0.2, 0) is 0 Å². The molecular weight excluding hydrogens is 560 g/mol. The minimum Gasteiger partial charge on any atom is -0.306 e. The predicted octanol–water partition coefficient (Wildman–Crippen LogP) is 10.6. The molecule has 0 spiro atoms. The van der Waals surface area contributed by atoms with Gasteiger partial charge in [-0.3, -0.25) is 4.57 Å². The third-order valence-corrected chi connectivity index (χ3v) is 9.27. The van der Waals surface area contributed by atoms with Gasteiger partial charge in [0.1, 0.15) is 5.69 Å². The maximum Gasteiger partial charge on any atom is 0.165 e. The van der Waals surface area contributed by atoms with Crippen LogP contribution in [0.4, 0.5) is 0 Å². The van der Waals surface area contributed by atoms with Crippen LogP contribution in [0.1, 0.15) is 0 Å². The van der Waals surface area contributed by atoms with E-state index < -0.39 is 0 Å². The van der Waals surface area contributed by atoms with E-state index in [9.17, 15) is 0 Å². The molecule has 0 aliphatic rings. The average Bonchev–Trinajstić information content (AvgIpc) is 3.40. The molecule has 46 heavy (non-hydrogen) atoms. The van der Waals surface area contributed by atoms with Crippen molar-refractivity contribution in [2.24, 2.45) is 0 Å². The second-order valence-corrected chi connectivity index (χ2v) is 11.8. The van der Waals surface area contributed by atoms with E-state index in [4.69, 9.17) is 9.97 Å². The Hall–Kier alpha value is -6.26. The largest absolute Gasteiger partial charge is 0.306 e. The first-order valence-corrected chi connectivity index (χ1v) is 15.6. The number of rotatable bonds is 3. The average molecular weight is 587 g/mol. The van der Waals surface area contributed by atoms with Gasteiger partial charge in [0.15, 0.2) is 5.82 Å². The summed E-state index contributed by atoms with van der Waals surface area (Å²) >= 11 is 0. The molecule has 0 amide bonds. The van der Waals surface area contributed by atoms with E-state index in [1.165, 1.54) is 38.1 Å². The van der Waals surface area contributed by atoms with Gasteiger partial charge >= 0.3 is 0 Å². The van der Waals surface area contributed by atoms with Crippen LogP contribution in [0.3, 0.4) is 0 Å². The van der Waals surface area contributed by atoms with Gasteiger partial charge in [0.2, 0.25) is 0 Å². The maximum atomic E-state index is 5.43. The van der Waals surface area contributed by atoms with Crippen molar-refractivity contribution in [3.05, 3.63) is 158 Å². The summed E-state index contributed by atoms with van der Waals surface area (Å²) in [7, 11) is 0. The fourth-order valence-electron chi connectivity index (χ4n) is 7.26. The highest BCUT2D eigenvalue weighted by Gasteiger charge is 2.21. The summed E-state index contributed by atoms with van der Waals surface area (Å²) in [6.07, 6.45) is 0. The second kappa shape index (κ2) is 9.62. The molecule has 3 heterocycles. The van der Waals surface area contributed by atoms with Crippen molar-refractivity contribution in [2.75, 3.05) is 0 Å². The second-order valence-electron chi connectivity index (χ2n) is 11.8. The van der Waals surface area contributed by atoms with Crippen LogP contribution in [0.5, 0.6) is 0 Å². The van der Waals surface area contributed by atoms with E-state index in [2.05, 4.69) is 148 Å². The standard InChI is InChI=1S/C42H26N4/c1-2-12-27(13-3-1)29-15-10-16-30(26-29)40-42(44-34-19-6-5-18-33(34)43-40)46-37-22-9-8-21-36(37)45-35-20-7-4-17-31(35)32-25-24-28-14-11-23-38(46)39(28)41(32)45/h1-26H. The Morgan fingerprint density at radius 3 is 1.93 bits per heavy atom. The van der Waals surface area contributed by atoms with Crippen molar-refractivity contribution >= 4 is 60.2 Å². The van der Waals surface area contributed by atoms with Gasteiger partial charge in [-0.2, -0.15) is 0 Å². The van der Waals surface area contributed by atoms with Gasteiger partial charge in [-0.1, -0.05) is 115 Å². The molecule has 7 aromatic carbocycles. The van der Waals surface area contributed by atoms with Gasteiger partial charge in [-0.15, -0.1) is 0 Å². The highest BCUT2D eigenvalue weighted by atomic mass is 15.1. The number of benzene rings is 7. The maximum absolute atomic E-state index is 5.43. The van der Waals surface area contributed by atoms with Gasteiger partial charge in [-0.05, 0) is 59.0 Å². The van der Waals surface area contributed by atoms with Crippen LogP contribution in [0.15, 0.2) is 158 Å². The SMILES string of the molecule is c1ccc(-c2cccc(-c3nc4ccccc4nc3-n3c4cccc5ccc6c7ccccc7n(c7ccccc73)c6c54)c2)cc1. The molecule has 0 aliphatic carbocycles. The summed E-state index contributed by atoms with van der Waals surface area (Å²) in [5.74, 6) is 0.802. The summed E-state index contributed by atoms with van der Waals surface area (Å²) < 4.78 is 4.78. The van der Waals surface area contributed by atoms with Crippen LogP contribution in [0.25, 0.3) is 88.4 Å². The minimum atomic E-state index is 0.802. The van der Waals surface area contributed by atoms with Gasteiger partial charge in [0.05, 0.1) is 38.6 Å². The lowest BCUT2D eigenvalue weighted by Crippen LogP contribution is -2.05. The monoisotopic (exact) mass is 586 g/mol. The lowest BCUT2D eigenvalue weighted by Gasteiger charge is -2.16. The van der Waals surface area contributed by atoms with Crippen molar-refractivity contribution in [3.8, 4) is 28.2 Å². The highest BCUT2D eigenvalue weighted by Crippen LogP contribution is 2.41. The molecule has 0 unspecified atom stereocenters. The molecule has 4 nitrogen and oxygen atoms in total. The number of nitrogens with zero attached hydrogens (tertiary/aromatic N) is 4. The van der Waals surface area contributed by atoms with Crippen LogP contribution < -0.4 is 0 Å². The van der Waals surface area contributed by atoms with Crippen LogP contribution in [0, 0.1) is 0 Å². The van der Waals surface area contributed by atoms with Crippen LogP contribution in [-0.4, -0.2) is 18.9 Å². The van der Waals surface area contributed by atoms with Crippen LogP contribution in [0.2, 0.25) is 0 Å². The lowest BCUT2D eigenvalue weighted by atomic mass is 10.0. The molecule has 0 fully saturated rings. The van der Waals surface area contributed by atoms with Gasteiger partial charge < -0.3 is 4.40 Å². The zero-order valence-corrected chi connectivity index (χ0v) is 24.8.